The summed E-state index contributed by atoms with van der Waals surface area (Å²) in [5.41, 5.74) is 4.69. The van der Waals surface area contributed by atoms with Crippen LogP contribution in [-0.2, 0) is 0 Å². The van der Waals surface area contributed by atoms with Gasteiger partial charge in [-0.2, -0.15) is 9.97 Å². The molecule has 248 valence electrons. The van der Waals surface area contributed by atoms with Gasteiger partial charge in [-0.25, -0.2) is 22.0 Å². The Labute approximate surface area is 272 Å². The molecule has 4 fully saturated rings. The molecule has 5 unspecified atom stereocenters. The molecule has 9 rings (SSSR count). The monoisotopic (exact) mass is 662 g/mol. The van der Waals surface area contributed by atoms with Gasteiger partial charge in [-0.05, 0) is 56.0 Å². The molecule has 0 amide bonds. The molecule has 5 atom stereocenters. The van der Waals surface area contributed by atoms with Gasteiger partial charge in [0.15, 0.2) is 23.3 Å². The first-order chi connectivity index (χ1) is 23.2. The Bertz CT molecular complexity index is 2090. The summed E-state index contributed by atoms with van der Waals surface area (Å²) in [5.74, 6) is -2.84. The number of nitrogen functional groups attached to an aromatic ring is 1. The number of nitrogens with one attached hydrogen (secondary N) is 1. The normalized spacial score (nSPS) is 27.5. The molecule has 1 aromatic heterocycles. The smallest absolute Gasteiger partial charge is 0.319 e. The Kier molecular flexibility index (Phi) is 6.53. The fourth-order valence-corrected chi connectivity index (χ4v) is 8.84. The van der Waals surface area contributed by atoms with E-state index in [1.54, 1.807) is 0 Å². The predicted molar refractivity (Wildman–Crippen MR) is 170 cm³/mol. The molecule has 0 spiro atoms. The molecule has 3 N–H and O–H groups in total. The van der Waals surface area contributed by atoms with Gasteiger partial charge in [0.2, 0.25) is 0 Å². The Morgan fingerprint density at radius 3 is 2.73 bits per heavy atom. The van der Waals surface area contributed by atoms with Crippen LogP contribution < -0.4 is 25.4 Å². The minimum atomic E-state index is -1.75. The number of piperazine rings is 1. The molecule has 5 aliphatic heterocycles. The first kappa shape index (κ1) is 29.7. The summed E-state index contributed by atoms with van der Waals surface area (Å²) in [5, 5.41) is 3.36. The third kappa shape index (κ3) is 4.21. The van der Waals surface area contributed by atoms with Crippen LogP contribution in [-0.4, -0.2) is 77.6 Å². The van der Waals surface area contributed by atoms with Crippen molar-refractivity contribution < 1.29 is 31.4 Å². The molecule has 8 nitrogen and oxygen atoms in total. The average molecular weight is 663 g/mol. The second-order valence-electron chi connectivity index (χ2n) is 13.7. The minimum absolute atomic E-state index is 0.0219. The topological polar surface area (TPSA) is 88.8 Å². The van der Waals surface area contributed by atoms with Gasteiger partial charge >= 0.3 is 6.01 Å². The van der Waals surface area contributed by atoms with E-state index in [0.717, 1.165) is 38.3 Å². The quantitative estimate of drug-likeness (QED) is 0.133. The summed E-state index contributed by atoms with van der Waals surface area (Å²) >= 11 is 0. The lowest BCUT2D eigenvalue weighted by molar-refractivity contribution is 0.107. The van der Waals surface area contributed by atoms with Crippen LogP contribution in [0.25, 0.3) is 32.8 Å². The van der Waals surface area contributed by atoms with E-state index in [1.165, 1.54) is 12.1 Å². The van der Waals surface area contributed by atoms with Gasteiger partial charge in [0.25, 0.3) is 0 Å². The second kappa shape index (κ2) is 10.5. The number of aromatic nitrogens is 2. The van der Waals surface area contributed by atoms with Crippen LogP contribution in [0.2, 0.25) is 0 Å². The van der Waals surface area contributed by atoms with E-state index in [0.29, 0.717) is 30.7 Å². The van der Waals surface area contributed by atoms with Crippen molar-refractivity contribution in [2.75, 3.05) is 43.5 Å². The molecule has 48 heavy (non-hydrogen) atoms. The van der Waals surface area contributed by atoms with Gasteiger partial charge in [-0.15, -0.1) is 6.42 Å². The molecule has 0 radical (unpaired) electrons. The number of alkyl halides is 1. The maximum atomic E-state index is 17.1. The molecule has 0 saturated carbocycles. The molecule has 5 aliphatic rings. The van der Waals surface area contributed by atoms with E-state index in [1.807, 2.05) is 0 Å². The van der Waals surface area contributed by atoms with Crippen molar-refractivity contribution in [3.8, 4) is 35.2 Å². The lowest BCUT2D eigenvalue weighted by Crippen LogP contribution is -2.60. The zero-order valence-electron chi connectivity index (χ0n) is 25.8. The number of halogens is 5. The van der Waals surface area contributed by atoms with Crippen molar-refractivity contribution in [3.05, 3.63) is 47.0 Å². The highest BCUT2D eigenvalue weighted by atomic mass is 19.2. The first-order valence-corrected chi connectivity index (χ1v) is 16.2. The number of fused-ring (bicyclic) bond motifs is 7. The van der Waals surface area contributed by atoms with E-state index < -0.39 is 45.9 Å². The number of hydrogen-bond donors (Lipinski definition) is 2. The SMILES string of the molecule is C#Cc1c(F)c(F)c(F)c2cc(N)cc(-c3cc4c5c(nc(OCC67CCCN6CC(F)C7)nc5c3F)N3CC5CCC(N5)C3CO4)c12. The fourth-order valence-electron chi connectivity index (χ4n) is 8.84. The molecule has 13 heteroatoms. The molecule has 4 saturated heterocycles. The van der Waals surface area contributed by atoms with Crippen molar-refractivity contribution in [2.24, 2.45) is 0 Å². The van der Waals surface area contributed by atoms with Gasteiger partial charge in [0.05, 0.1) is 22.5 Å². The number of benzene rings is 3. The summed E-state index contributed by atoms with van der Waals surface area (Å²) in [4.78, 5) is 13.6. The summed E-state index contributed by atoms with van der Waals surface area (Å²) in [7, 11) is 0. The standard InChI is InChI=1S/C35H31F5N6O2/c1-2-19-26-20(8-17(41)9-22(26)29(38)31(40)28(19)37)21-10-25-27-32(30(21)39)43-34(48-15-35-6-3-7-45(35)12-16(36)11-35)44-33(27)46-13-18-4-5-23(42-18)24(46)14-47-25/h1,8-10,16,18,23-24,42H,3-7,11-15,41H2. The van der Waals surface area contributed by atoms with Crippen LogP contribution in [0.3, 0.4) is 0 Å². The number of nitrogens with zero attached hydrogens (tertiary/aromatic N) is 4. The van der Waals surface area contributed by atoms with Gasteiger partial charge in [0.1, 0.15) is 36.5 Å². The highest BCUT2D eigenvalue weighted by Gasteiger charge is 2.50. The molecular weight excluding hydrogens is 631 g/mol. The van der Waals surface area contributed by atoms with E-state index in [9.17, 15) is 8.78 Å². The van der Waals surface area contributed by atoms with Crippen molar-refractivity contribution in [3.63, 3.8) is 0 Å². The van der Waals surface area contributed by atoms with Gasteiger partial charge in [-0.1, -0.05) is 5.92 Å². The summed E-state index contributed by atoms with van der Waals surface area (Å²) in [6, 6.07) is 4.01. The summed E-state index contributed by atoms with van der Waals surface area (Å²) in [6.07, 6.45) is 8.57. The number of nitrogens with two attached hydrogens (primary N) is 1. The molecular formula is C35H31F5N6O2. The zero-order valence-corrected chi connectivity index (χ0v) is 25.8. The van der Waals surface area contributed by atoms with E-state index in [-0.39, 0.29) is 70.8 Å². The molecule has 4 aromatic rings. The van der Waals surface area contributed by atoms with E-state index >= 15 is 13.2 Å². The minimum Gasteiger partial charge on any atom is -0.491 e. The average Bonchev–Trinajstić information content (AvgIpc) is 3.71. The lowest BCUT2D eigenvalue weighted by Gasteiger charge is -2.40. The highest BCUT2D eigenvalue weighted by Crippen LogP contribution is 2.47. The Balaban J connectivity index is 1.26. The first-order valence-electron chi connectivity index (χ1n) is 16.2. The van der Waals surface area contributed by atoms with Crippen LogP contribution in [0, 0.1) is 35.6 Å². The maximum Gasteiger partial charge on any atom is 0.319 e. The summed E-state index contributed by atoms with van der Waals surface area (Å²) < 4.78 is 89.1. The van der Waals surface area contributed by atoms with Crippen LogP contribution in [0.4, 0.5) is 33.5 Å². The molecule has 3 aromatic carbocycles. The Morgan fingerprint density at radius 2 is 1.90 bits per heavy atom. The van der Waals surface area contributed by atoms with E-state index in [4.69, 9.17) is 26.6 Å². The van der Waals surface area contributed by atoms with E-state index in [2.05, 4.69) is 26.0 Å². The second-order valence-corrected chi connectivity index (χ2v) is 13.7. The van der Waals surface area contributed by atoms with Crippen molar-refractivity contribution in [2.45, 2.75) is 61.9 Å². The Hall–Kier alpha value is -4.41. The van der Waals surface area contributed by atoms with Crippen LogP contribution in [0.15, 0.2) is 18.2 Å². The number of ether oxygens (including phenoxy) is 2. The van der Waals surface area contributed by atoms with Gasteiger partial charge < -0.3 is 25.4 Å². The van der Waals surface area contributed by atoms with Crippen LogP contribution in [0.5, 0.6) is 11.8 Å². The maximum absolute atomic E-state index is 17.1. The summed E-state index contributed by atoms with van der Waals surface area (Å²) in [6.45, 7) is 2.10. The number of terminal acetylenes is 1. The third-order valence-electron chi connectivity index (χ3n) is 11.0. The lowest BCUT2D eigenvalue weighted by atomic mass is 9.92. The molecule has 2 bridgehead atoms. The highest BCUT2D eigenvalue weighted by molar-refractivity contribution is 6.06. The van der Waals surface area contributed by atoms with Crippen molar-refractivity contribution in [1.82, 2.24) is 20.2 Å². The van der Waals surface area contributed by atoms with Crippen molar-refractivity contribution in [1.29, 1.82) is 0 Å². The predicted octanol–water partition coefficient (Wildman–Crippen LogP) is 5.23. The fraction of sp³-hybridized carbons (Fsp3) is 0.429. The van der Waals surface area contributed by atoms with Crippen LogP contribution >= 0.6 is 0 Å². The van der Waals surface area contributed by atoms with Crippen molar-refractivity contribution >= 4 is 33.2 Å². The molecule has 6 heterocycles. The molecule has 0 aliphatic carbocycles. The zero-order chi connectivity index (χ0) is 33.1. The van der Waals surface area contributed by atoms with Gasteiger partial charge in [0, 0.05) is 53.6 Å². The number of hydrogen-bond acceptors (Lipinski definition) is 8. The third-order valence-corrected chi connectivity index (χ3v) is 11.0. The number of anilines is 2. The van der Waals surface area contributed by atoms with Gasteiger partial charge in [-0.3, -0.25) is 4.90 Å². The van der Waals surface area contributed by atoms with Crippen LogP contribution in [0.1, 0.15) is 37.7 Å². The largest absolute Gasteiger partial charge is 0.491 e. The number of rotatable bonds is 4. The Morgan fingerprint density at radius 1 is 1.04 bits per heavy atom.